The molecule has 1 aromatic heterocycles. The lowest BCUT2D eigenvalue weighted by molar-refractivity contribution is 0.165. The molecule has 1 aromatic rings. The van der Waals surface area contributed by atoms with Crippen LogP contribution in [0.1, 0.15) is 31.4 Å². The molecule has 1 aliphatic heterocycles. The second-order valence-electron chi connectivity index (χ2n) is 4.89. The third-order valence-corrected chi connectivity index (χ3v) is 3.63. The van der Waals surface area contributed by atoms with E-state index in [1.807, 2.05) is 6.92 Å². The van der Waals surface area contributed by atoms with E-state index in [1.165, 1.54) is 12.8 Å². The van der Waals surface area contributed by atoms with Crippen LogP contribution < -0.4 is 5.73 Å². The minimum absolute atomic E-state index is 0.655. The lowest BCUT2D eigenvalue weighted by Gasteiger charge is -2.31. The molecule has 0 spiro atoms. The zero-order chi connectivity index (χ0) is 12.3. The molecular formula is C12H23N5. The van der Waals surface area contributed by atoms with Crippen molar-refractivity contribution in [2.45, 2.75) is 39.8 Å². The van der Waals surface area contributed by atoms with Crippen molar-refractivity contribution in [3.63, 3.8) is 0 Å². The van der Waals surface area contributed by atoms with E-state index in [0.717, 1.165) is 44.4 Å². The Hall–Kier alpha value is -0.940. The molecule has 0 aliphatic carbocycles. The molecule has 2 heterocycles. The molecule has 0 aromatic carbocycles. The van der Waals surface area contributed by atoms with Crippen LogP contribution in [0.25, 0.3) is 0 Å². The van der Waals surface area contributed by atoms with E-state index >= 15 is 0 Å². The van der Waals surface area contributed by atoms with Crippen molar-refractivity contribution in [2.24, 2.45) is 11.7 Å². The van der Waals surface area contributed by atoms with Gasteiger partial charge in [-0.15, -0.1) is 10.2 Å². The van der Waals surface area contributed by atoms with Crippen molar-refractivity contribution in [3.05, 3.63) is 11.6 Å². The summed E-state index contributed by atoms with van der Waals surface area (Å²) >= 11 is 0. The van der Waals surface area contributed by atoms with Gasteiger partial charge in [0.25, 0.3) is 0 Å². The van der Waals surface area contributed by atoms with Gasteiger partial charge in [-0.2, -0.15) is 0 Å². The van der Waals surface area contributed by atoms with Gasteiger partial charge in [-0.1, -0.05) is 0 Å². The Bertz CT molecular complexity index is 360. The molecule has 96 valence electrons. The number of hydrogen-bond acceptors (Lipinski definition) is 4. The molecular weight excluding hydrogens is 214 g/mol. The predicted molar refractivity (Wildman–Crippen MR) is 67.5 cm³/mol. The summed E-state index contributed by atoms with van der Waals surface area (Å²) in [5.74, 6) is 2.75. The molecule has 0 saturated carbocycles. The Kier molecular flexibility index (Phi) is 4.12. The average molecular weight is 237 g/mol. The van der Waals surface area contributed by atoms with E-state index in [2.05, 4.69) is 26.6 Å². The molecule has 0 bridgehead atoms. The number of piperidine rings is 1. The van der Waals surface area contributed by atoms with E-state index < -0.39 is 0 Å². The van der Waals surface area contributed by atoms with Gasteiger partial charge in [-0.3, -0.25) is 4.90 Å². The Labute approximate surface area is 103 Å². The van der Waals surface area contributed by atoms with Crippen molar-refractivity contribution in [3.8, 4) is 0 Å². The monoisotopic (exact) mass is 237 g/mol. The molecule has 5 heteroatoms. The highest BCUT2D eigenvalue weighted by Gasteiger charge is 2.20. The van der Waals surface area contributed by atoms with Crippen LogP contribution in [0.5, 0.6) is 0 Å². The Morgan fingerprint density at radius 1 is 1.41 bits per heavy atom. The fourth-order valence-corrected chi connectivity index (χ4v) is 2.64. The van der Waals surface area contributed by atoms with Crippen LogP contribution in [0.15, 0.2) is 0 Å². The Balaban J connectivity index is 2.00. The van der Waals surface area contributed by atoms with Crippen LogP contribution in [0.4, 0.5) is 0 Å². The highest BCUT2D eigenvalue weighted by Crippen LogP contribution is 2.17. The standard InChI is InChI=1S/C12H23N5/c1-3-17-10(2)14-15-12(17)9-16-6-4-5-11(7-13)8-16/h11H,3-9,13H2,1-2H3. The summed E-state index contributed by atoms with van der Waals surface area (Å²) in [5.41, 5.74) is 5.76. The third-order valence-electron chi connectivity index (χ3n) is 3.63. The fraction of sp³-hybridized carbons (Fsp3) is 0.833. The first-order valence-electron chi connectivity index (χ1n) is 6.55. The van der Waals surface area contributed by atoms with Crippen LogP contribution in [-0.2, 0) is 13.1 Å². The number of likely N-dealkylation sites (tertiary alicyclic amines) is 1. The smallest absolute Gasteiger partial charge is 0.147 e. The number of nitrogens with two attached hydrogens (primary N) is 1. The zero-order valence-corrected chi connectivity index (χ0v) is 10.9. The van der Waals surface area contributed by atoms with Gasteiger partial charge in [0.15, 0.2) is 0 Å². The number of aromatic nitrogens is 3. The largest absolute Gasteiger partial charge is 0.330 e. The number of hydrogen-bond donors (Lipinski definition) is 1. The molecule has 1 aliphatic rings. The third kappa shape index (κ3) is 2.84. The first kappa shape index (κ1) is 12.5. The Morgan fingerprint density at radius 2 is 2.24 bits per heavy atom. The quantitative estimate of drug-likeness (QED) is 0.840. The summed E-state index contributed by atoms with van der Waals surface area (Å²) in [6.07, 6.45) is 2.52. The van der Waals surface area contributed by atoms with Gasteiger partial charge in [0, 0.05) is 13.1 Å². The van der Waals surface area contributed by atoms with Crippen molar-refractivity contribution in [1.29, 1.82) is 0 Å². The molecule has 1 saturated heterocycles. The highest BCUT2D eigenvalue weighted by atomic mass is 15.3. The van der Waals surface area contributed by atoms with Gasteiger partial charge in [0.05, 0.1) is 6.54 Å². The van der Waals surface area contributed by atoms with Gasteiger partial charge >= 0.3 is 0 Å². The lowest BCUT2D eigenvalue weighted by Crippen LogP contribution is -2.38. The first-order chi connectivity index (χ1) is 8.24. The van der Waals surface area contributed by atoms with Crippen LogP contribution in [0.3, 0.4) is 0 Å². The summed E-state index contributed by atoms with van der Waals surface area (Å²) in [6.45, 7) is 9.07. The van der Waals surface area contributed by atoms with Crippen LogP contribution in [0, 0.1) is 12.8 Å². The molecule has 1 atom stereocenters. The number of rotatable bonds is 4. The topological polar surface area (TPSA) is 60.0 Å². The van der Waals surface area contributed by atoms with Gasteiger partial charge in [0.2, 0.25) is 0 Å². The molecule has 0 amide bonds. The molecule has 5 nitrogen and oxygen atoms in total. The lowest BCUT2D eigenvalue weighted by atomic mass is 9.98. The maximum atomic E-state index is 5.76. The average Bonchev–Trinajstić information content (AvgIpc) is 2.70. The minimum atomic E-state index is 0.655. The molecule has 2 rings (SSSR count). The molecule has 1 unspecified atom stereocenters. The molecule has 0 radical (unpaired) electrons. The summed E-state index contributed by atoms with van der Waals surface area (Å²) in [6, 6.07) is 0. The predicted octanol–water partition coefficient (Wildman–Crippen LogP) is 0.777. The van der Waals surface area contributed by atoms with E-state index in [-0.39, 0.29) is 0 Å². The van der Waals surface area contributed by atoms with Gasteiger partial charge in [-0.05, 0) is 45.7 Å². The number of aryl methyl sites for hydroxylation is 1. The Morgan fingerprint density at radius 3 is 2.94 bits per heavy atom. The van der Waals surface area contributed by atoms with Gasteiger partial charge in [0.1, 0.15) is 11.6 Å². The van der Waals surface area contributed by atoms with Crippen molar-refractivity contribution in [1.82, 2.24) is 19.7 Å². The van der Waals surface area contributed by atoms with Crippen LogP contribution in [-0.4, -0.2) is 39.3 Å². The normalized spacial score (nSPS) is 21.9. The van der Waals surface area contributed by atoms with Crippen LogP contribution in [0.2, 0.25) is 0 Å². The zero-order valence-electron chi connectivity index (χ0n) is 10.9. The minimum Gasteiger partial charge on any atom is -0.330 e. The van der Waals surface area contributed by atoms with Crippen LogP contribution >= 0.6 is 0 Å². The number of nitrogens with zero attached hydrogens (tertiary/aromatic N) is 4. The summed E-state index contributed by atoms with van der Waals surface area (Å²) < 4.78 is 2.19. The van der Waals surface area contributed by atoms with E-state index in [1.54, 1.807) is 0 Å². The van der Waals surface area contributed by atoms with Gasteiger partial charge in [-0.25, -0.2) is 0 Å². The summed E-state index contributed by atoms with van der Waals surface area (Å²) in [7, 11) is 0. The first-order valence-corrected chi connectivity index (χ1v) is 6.55. The molecule has 2 N–H and O–H groups in total. The van der Waals surface area contributed by atoms with E-state index in [0.29, 0.717) is 5.92 Å². The highest BCUT2D eigenvalue weighted by molar-refractivity contribution is 4.94. The van der Waals surface area contributed by atoms with Crippen molar-refractivity contribution >= 4 is 0 Å². The second-order valence-corrected chi connectivity index (χ2v) is 4.89. The van der Waals surface area contributed by atoms with Crippen molar-refractivity contribution < 1.29 is 0 Å². The SMILES string of the molecule is CCn1c(C)nnc1CN1CCCC(CN)C1. The summed E-state index contributed by atoms with van der Waals surface area (Å²) in [5, 5.41) is 8.43. The van der Waals surface area contributed by atoms with E-state index in [9.17, 15) is 0 Å². The molecule has 17 heavy (non-hydrogen) atoms. The van der Waals surface area contributed by atoms with E-state index in [4.69, 9.17) is 5.73 Å². The molecule has 1 fully saturated rings. The fourth-order valence-electron chi connectivity index (χ4n) is 2.64. The van der Waals surface area contributed by atoms with Crippen molar-refractivity contribution in [2.75, 3.05) is 19.6 Å². The maximum absolute atomic E-state index is 5.76. The van der Waals surface area contributed by atoms with Gasteiger partial charge < -0.3 is 10.3 Å². The second kappa shape index (κ2) is 5.60. The summed E-state index contributed by atoms with van der Waals surface area (Å²) in [4.78, 5) is 2.46. The maximum Gasteiger partial charge on any atom is 0.147 e.